The molecule has 0 saturated carbocycles. The summed E-state index contributed by atoms with van der Waals surface area (Å²) < 4.78 is 61.0. The van der Waals surface area contributed by atoms with Crippen LogP contribution in [0.2, 0.25) is 0 Å². The second kappa shape index (κ2) is 5.41. The van der Waals surface area contributed by atoms with Crippen LogP contribution in [0.5, 0.6) is 0 Å². The van der Waals surface area contributed by atoms with Crippen molar-refractivity contribution in [2.45, 2.75) is 17.3 Å². The lowest BCUT2D eigenvalue weighted by Gasteiger charge is -2.06. The minimum Gasteiger partial charge on any atom is -0.295 e. The molecule has 0 N–H and O–H groups in total. The molecule has 1 aromatic carbocycles. The van der Waals surface area contributed by atoms with E-state index < -0.39 is 26.2 Å². The molecule has 0 heterocycles. The molecule has 0 spiro atoms. The van der Waals surface area contributed by atoms with E-state index in [0.717, 1.165) is 0 Å². The van der Waals surface area contributed by atoms with Crippen molar-refractivity contribution in [2.75, 3.05) is 6.26 Å². The van der Waals surface area contributed by atoms with Crippen molar-refractivity contribution in [1.29, 1.82) is 0 Å². The van der Waals surface area contributed by atoms with Gasteiger partial charge in [0, 0.05) is 10.5 Å². The predicted octanol–water partition coefficient (Wildman–Crippen LogP) is 2.53. The molecule has 0 aliphatic carbocycles. The maximum absolute atomic E-state index is 12.2. The Morgan fingerprint density at radius 1 is 1.21 bits per heavy atom. The smallest absolute Gasteiger partial charge is 0.295 e. The molecule has 1 rings (SSSR count). The highest BCUT2D eigenvalue weighted by Gasteiger charge is 2.46. The zero-order chi connectivity index (χ0) is 14.8. The lowest BCUT2D eigenvalue weighted by molar-refractivity contribution is -0.0434. The molecule has 0 aliphatic heterocycles. The molecule has 0 radical (unpaired) electrons. The zero-order valence-electron chi connectivity index (χ0n) is 9.93. The third kappa shape index (κ3) is 3.87. The topological polar surface area (TPSA) is 63.6 Å². The summed E-state index contributed by atoms with van der Waals surface area (Å²) in [6.07, 6.45) is 1.26. The van der Waals surface area contributed by atoms with Crippen LogP contribution in [0.1, 0.15) is 17.3 Å². The van der Waals surface area contributed by atoms with Crippen molar-refractivity contribution >= 4 is 26.5 Å². The summed E-state index contributed by atoms with van der Waals surface area (Å²) in [5, 5.41) is 0. The fourth-order valence-electron chi connectivity index (χ4n) is 1.12. The van der Waals surface area contributed by atoms with Gasteiger partial charge in [-0.3, -0.25) is 4.79 Å². The molecule has 0 amide bonds. The van der Waals surface area contributed by atoms with Gasteiger partial charge in [-0.05, 0) is 25.3 Å². The predicted molar refractivity (Wildman–Crippen MR) is 65.4 cm³/mol. The van der Waals surface area contributed by atoms with E-state index in [1.54, 1.807) is 0 Å². The van der Waals surface area contributed by atoms with Crippen molar-refractivity contribution in [2.24, 2.45) is 3.77 Å². The second-order valence-electron chi connectivity index (χ2n) is 3.55. The molecular formula is C10H10F3NO3S2. The van der Waals surface area contributed by atoms with Gasteiger partial charge < -0.3 is 0 Å². The molecule has 19 heavy (non-hydrogen) atoms. The van der Waals surface area contributed by atoms with Gasteiger partial charge in [-0.15, -0.1) is 3.77 Å². The Hall–Kier alpha value is -1.22. The lowest BCUT2D eigenvalue weighted by atomic mass is 10.2. The Morgan fingerprint density at radius 2 is 1.68 bits per heavy atom. The first-order chi connectivity index (χ1) is 8.54. The van der Waals surface area contributed by atoms with Crippen molar-refractivity contribution in [3.63, 3.8) is 0 Å². The van der Waals surface area contributed by atoms with Gasteiger partial charge >= 0.3 is 15.5 Å². The largest absolute Gasteiger partial charge is 0.519 e. The maximum Gasteiger partial charge on any atom is 0.519 e. The number of Topliss-reactive ketones (excluding diaryl/α,β-unsaturated/α-hetero) is 1. The first-order valence-corrected chi connectivity index (χ1v) is 7.89. The second-order valence-corrected chi connectivity index (χ2v) is 6.99. The summed E-state index contributed by atoms with van der Waals surface area (Å²) in [5.74, 6) is -0.192. The first-order valence-electron chi connectivity index (χ1n) is 4.86. The quantitative estimate of drug-likeness (QED) is 0.806. The van der Waals surface area contributed by atoms with Crippen LogP contribution in [-0.2, 0) is 20.7 Å². The molecule has 1 atom stereocenters. The van der Waals surface area contributed by atoms with Crippen LogP contribution in [-0.4, -0.2) is 26.0 Å². The Kier molecular flexibility index (Phi) is 4.51. The highest BCUT2D eigenvalue weighted by atomic mass is 32.3. The standard InChI is InChI=1S/C10H10F3NO3S2/c1-7(15)8-3-5-9(6-4-8)18(2)14-19(16,17)10(11,12)13/h3-6H,1-2H3. The summed E-state index contributed by atoms with van der Waals surface area (Å²) in [4.78, 5) is 11.3. The molecule has 0 aliphatic rings. The number of carbonyl (C=O) groups excluding carboxylic acids is 1. The fourth-order valence-corrected chi connectivity index (χ4v) is 3.51. The molecule has 1 unspecified atom stereocenters. The minimum absolute atomic E-state index is 0.192. The number of halogens is 3. The van der Waals surface area contributed by atoms with Crippen LogP contribution in [0.3, 0.4) is 0 Å². The monoisotopic (exact) mass is 313 g/mol. The van der Waals surface area contributed by atoms with E-state index in [-0.39, 0.29) is 5.78 Å². The summed E-state index contributed by atoms with van der Waals surface area (Å²) in [7, 11) is -6.97. The first kappa shape index (κ1) is 15.8. The SMILES string of the molecule is CC(=O)c1ccc(/S(C)=N/S(=O)(=O)C(F)(F)F)cc1. The van der Waals surface area contributed by atoms with Crippen molar-refractivity contribution in [3.8, 4) is 0 Å². The lowest BCUT2D eigenvalue weighted by Crippen LogP contribution is -2.21. The molecule has 0 bridgehead atoms. The average Bonchev–Trinajstić information content (AvgIpc) is 2.27. The fraction of sp³-hybridized carbons (Fsp3) is 0.300. The molecule has 4 nitrogen and oxygen atoms in total. The van der Waals surface area contributed by atoms with Crippen LogP contribution >= 0.6 is 0 Å². The van der Waals surface area contributed by atoms with E-state index in [9.17, 15) is 26.4 Å². The van der Waals surface area contributed by atoms with E-state index in [1.807, 2.05) is 0 Å². The number of nitrogens with zero attached hydrogens (tertiary/aromatic N) is 1. The highest BCUT2D eigenvalue weighted by molar-refractivity contribution is 8.00. The highest BCUT2D eigenvalue weighted by Crippen LogP contribution is 2.26. The number of sulfonamides is 1. The van der Waals surface area contributed by atoms with Crippen molar-refractivity contribution in [3.05, 3.63) is 29.8 Å². The van der Waals surface area contributed by atoms with Crippen LogP contribution in [0.15, 0.2) is 32.9 Å². The third-order valence-corrected chi connectivity index (χ3v) is 5.32. The van der Waals surface area contributed by atoms with Gasteiger partial charge in [-0.2, -0.15) is 21.6 Å². The van der Waals surface area contributed by atoms with E-state index in [2.05, 4.69) is 3.77 Å². The van der Waals surface area contributed by atoms with Gasteiger partial charge in [0.1, 0.15) is 0 Å². The van der Waals surface area contributed by atoms with Gasteiger partial charge in [-0.1, -0.05) is 22.8 Å². The van der Waals surface area contributed by atoms with Crippen LogP contribution in [0.4, 0.5) is 13.2 Å². The molecule has 106 valence electrons. The zero-order valence-corrected chi connectivity index (χ0v) is 11.6. The van der Waals surface area contributed by atoms with E-state index in [4.69, 9.17) is 0 Å². The number of alkyl halides is 3. The van der Waals surface area contributed by atoms with Crippen molar-refractivity contribution < 1.29 is 26.4 Å². The van der Waals surface area contributed by atoms with Crippen LogP contribution in [0, 0.1) is 0 Å². The molecule has 0 fully saturated rings. The average molecular weight is 313 g/mol. The van der Waals surface area contributed by atoms with Crippen LogP contribution < -0.4 is 0 Å². The van der Waals surface area contributed by atoms with E-state index >= 15 is 0 Å². The number of ketones is 1. The molecular weight excluding hydrogens is 303 g/mol. The van der Waals surface area contributed by atoms with Gasteiger partial charge in [0.15, 0.2) is 5.78 Å². The molecule has 1 aromatic rings. The van der Waals surface area contributed by atoms with Gasteiger partial charge in [0.05, 0.1) is 0 Å². The molecule has 0 saturated heterocycles. The number of hydrogen-bond donors (Lipinski definition) is 0. The van der Waals surface area contributed by atoms with Gasteiger partial charge in [0.2, 0.25) is 0 Å². The van der Waals surface area contributed by atoms with Crippen LogP contribution in [0.25, 0.3) is 0 Å². The van der Waals surface area contributed by atoms with E-state index in [1.165, 1.54) is 37.4 Å². The van der Waals surface area contributed by atoms with Gasteiger partial charge in [-0.25, -0.2) is 0 Å². The summed E-state index contributed by atoms with van der Waals surface area (Å²) in [6, 6.07) is 5.60. The number of hydrogen-bond acceptors (Lipinski definition) is 3. The van der Waals surface area contributed by atoms with E-state index in [0.29, 0.717) is 10.5 Å². The minimum atomic E-state index is -5.50. The number of carbonyl (C=O) groups is 1. The maximum atomic E-state index is 12.2. The Morgan fingerprint density at radius 3 is 2.05 bits per heavy atom. The number of benzene rings is 1. The van der Waals surface area contributed by atoms with Crippen molar-refractivity contribution in [1.82, 2.24) is 0 Å². The Balaban J connectivity index is 3.14. The molecule has 0 aromatic heterocycles. The Labute approximate surface area is 110 Å². The summed E-state index contributed by atoms with van der Waals surface area (Å²) in [6.45, 7) is 1.35. The third-order valence-electron chi connectivity index (χ3n) is 2.10. The summed E-state index contributed by atoms with van der Waals surface area (Å²) in [5.41, 5.74) is -5.01. The molecule has 9 heteroatoms. The Bertz CT molecular complexity index is 618. The normalized spacial score (nSPS) is 14.4. The number of rotatable bonds is 3. The summed E-state index contributed by atoms with van der Waals surface area (Å²) >= 11 is 0. The van der Waals surface area contributed by atoms with Gasteiger partial charge in [0.25, 0.3) is 0 Å².